The van der Waals surface area contributed by atoms with Crippen LogP contribution in [0.25, 0.3) is 6.08 Å². The van der Waals surface area contributed by atoms with Crippen LogP contribution in [0.3, 0.4) is 0 Å². The number of nitrogens with one attached hydrogen (secondary N) is 1. The van der Waals surface area contributed by atoms with Crippen molar-refractivity contribution >= 4 is 27.9 Å². The van der Waals surface area contributed by atoms with Crippen LogP contribution in [-0.4, -0.2) is 61.7 Å². The smallest absolute Gasteiger partial charge is 0.257 e. The summed E-state index contributed by atoms with van der Waals surface area (Å²) in [6.45, 7) is 3.85. The first kappa shape index (κ1) is 25.5. The topological polar surface area (TPSA) is 86.8 Å². The lowest BCUT2D eigenvalue weighted by Gasteiger charge is -2.36. The van der Waals surface area contributed by atoms with Crippen molar-refractivity contribution in [3.8, 4) is 0 Å². The number of benzene rings is 2. The zero-order chi connectivity index (χ0) is 24.9. The second-order valence-corrected chi connectivity index (χ2v) is 10.1. The molecule has 7 nitrogen and oxygen atoms in total. The molecule has 182 valence electrons. The predicted molar refractivity (Wildman–Crippen MR) is 125 cm³/mol. The van der Waals surface area contributed by atoms with Crippen LogP contribution in [0.5, 0.6) is 0 Å². The molecule has 1 aliphatic heterocycles. The third kappa shape index (κ3) is 6.06. The molecule has 1 N–H and O–H groups in total. The highest BCUT2D eigenvalue weighted by Gasteiger charge is 2.34. The first-order valence-corrected chi connectivity index (χ1v) is 12.4. The Hall–Kier alpha value is -3.11. The molecule has 0 aromatic heterocycles. The molecule has 34 heavy (non-hydrogen) atoms. The number of amides is 2. The van der Waals surface area contributed by atoms with Gasteiger partial charge < -0.3 is 10.2 Å². The van der Waals surface area contributed by atoms with Crippen molar-refractivity contribution in [3.05, 3.63) is 76.7 Å². The zero-order valence-corrected chi connectivity index (χ0v) is 19.8. The lowest BCUT2D eigenvalue weighted by molar-refractivity contribution is -0.135. The van der Waals surface area contributed by atoms with E-state index in [1.165, 1.54) is 15.3 Å². The lowest BCUT2D eigenvalue weighted by atomic mass is 10.0. The van der Waals surface area contributed by atoms with Gasteiger partial charge in [-0.25, -0.2) is 17.2 Å². The van der Waals surface area contributed by atoms with Gasteiger partial charge in [-0.2, -0.15) is 4.31 Å². The molecule has 1 fully saturated rings. The summed E-state index contributed by atoms with van der Waals surface area (Å²) in [5.74, 6) is -3.85. The van der Waals surface area contributed by atoms with E-state index in [9.17, 15) is 26.8 Å². The number of hydrogen-bond donors (Lipinski definition) is 1. The number of nitrogens with zero attached hydrogens (tertiary/aromatic N) is 2. The maximum atomic E-state index is 14.0. The molecule has 0 aliphatic carbocycles. The van der Waals surface area contributed by atoms with Crippen molar-refractivity contribution in [2.75, 3.05) is 26.2 Å². The average Bonchev–Trinajstić information content (AvgIpc) is 2.81. The molecule has 0 bridgehead atoms. The monoisotopic (exact) mass is 491 g/mol. The minimum atomic E-state index is -3.67. The standard InChI is InChI=1S/C24H27F2N3O4S/c1-17(2)22(27-23(30)21-19(25)9-6-10-20(21)26)24(31)28-12-14-29(15-13-28)34(32,33)16-11-18-7-4-3-5-8-18/h3-11,16-17,22H,12-15H2,1-2H3,(H,27,30)/b16-11+/t22-/m1/s1. The Bertz CT molecular complexity index is 1140. The lowest BCUT2D eigenvalue weighted by Crippen LogP contribution is -2.57. The van der Waals surface area contributed by atoms with E-state index in [1.807, 2.05) is 6.07 Å². The zero-order valence-electron chi connectivity index (χ0n) is 18.9. The first-order valence-electron chi connectivity index (χ1n) is 10.9. The second-order valence-electron chi connectivity index (χ2n) is 8.27. The van der Waals surface area contributed by atoms with Crippen LogP contribution < -0.4 is 5.32 Å². The van der Waals surface area contributed by atoms with E-state index in [1.54, 1.807) is 38.1 Å². The summed E-state index contributed by atoms with van der Waals surface area (Å²) in [6, 6.07) is 11.1. The number of hydrogen-bond acceptors (Lipinski definition) is 4. The van der Waals surface area contributed by atoms with Gasteiger partial charge in [0.15, 0.2) is 0 Å². The Balaban J connectivity index is 1.64. The molecule has 10 heteroatoms. The molecule has 2 aromatic rings. The van der Waals surface area contributed by atoms with Gasteiger partial charge in [-0.3, -0.25) is 9.59 Å². The number of sulfonamides is 1. The van der Waals surface area contributed by atoms with Crippen LogP contribution >= 0.6 is 0 Å². The molecular weight excluding hydrogens is 464 g/mol. The summed E-state index contributed by atoms with van der Waals surface area (Å²) in [4.78, 5) is 27.0. The minimum Gasteiger partial charge on any atom is -0.340 e. The van der Waals surface area contributed by atoms with Crippen molar-refractivity contribution in [3.63, 3.8) is 0 Å². The van der Waals surface area contributed by atoms with Crippen LogP contribution in [0.15, 0.2) is 53.9 Å². The normalized spacial score (nSPS) is 16.1. The Morgan fingerprint density at radius 2 is 1.53 bits per heavy atom. The van der Waals surface area contributed by atoms with Crippen LogP contribution in [-0.2, 0) is 14.8 Å². The highest BCUT2D eigenvalue weighted by atomic mass is 32.2. The molecule has 0 spiro atoms. The maximum absolute atomic E-state index is 14.0. The van der Waals surface area contributed by atoms with Gasteiger partial charge in [0.2, 0.25) is 15.9 Å². The molecule has 2 amide bonds. The molecular formula is C24H27F2N3O4S. The van der Waals surface area contributed by atoms with E-state index >= 15 is 0 Å². The van der Waals surface area contributed by atoms with Gasteiger partial charge in [-0.05, 0) is 29.7 Å². The Labute approximate surface area is 198 Å². The molecule has 2 aromatic carbocycles. The fraction of sp³-hybridized carbons (Fsp3) is 0.333. The van der Waals surface area contributed by atoms with E-state index in [2.05, 4.69) is 5.32 Å². The van der Waals surface area contributed by atoms with Gasteiger partial charge in [-0.15, -0.1) is 0 Å². The van der Waals surface area contributed by atoms with E-state index < -0.39 is 45.1 Å². The van der Waals surface area contributed by atoms with Crippen molar-refractivity contribution < 1.29 is 26.8 Å². The third-order valence-corrected chi connectivity index (χ3v) is 7.12. The molecule has 0 radical (unpaired) electrons. The number of carbonyl (C=O) groups excluding carboxylic acids is 2. The van der Waals surface area contributed by atoms with Crippen molar-refractivity contribution in [1.82, 2.24) is 14.5 Å². The molecule has 1 atom stereocenters. The maximum Gasteiger partial charge on any atom is 0.257 e. The van der Waals surface area contributed by atoms with Gasteiger partial charge >= 0.3 is 0 Å². The fourth-order valence-corrected chi connectivity index (χ4v) is 4.79. The van der Waals surface area contributed by atoms with E-state index in [4.69, 9.17) is 0 Å². The van der Waals surface area contributed by atoms with Gasteiger partial charge in [0.1, 0.15) is 23.2 Å². The van der Waals surface area contributed by atoms with Gasteiger partial charge in [0, 0.05) is 31.6 Å². The molecule has 1 saturated heterocycles. The molecule has 0 unspecified atom stereocenters. The van der Waals surface area contributed by atoms with Crippen molar-refractivity contribution in [2.24, 2.45) is 5.92 Å². The van der Waals surface area contributed by atoms with Crippen LogP contribution in [0.2, 0.25) is 0 Å². The number of piperazine rings is 1. The van der Waals surface area contributed by atoms with E-state index in [0.29, 0.717) is 0 Å². The van der Waals surface area contributed by atoms with Crippen LogP contribution in [0.1, 0.15) is 29.8 Å². The summed E-state index contributed by atoms with van der Waals surface area (Å²) in [5.41, 5.74) is 0.00348. The van der Waals surface area contributed by atoms with E-state index in [-0.39, 0.29) is 32.1 Å². The SMILES string of the molecule is CC(C)[C@@H](NC(=O)c1c(F)cccc1F)C(=O)N1CCN(S(=O)(=O)/C=C/c2ccccc2)CC1. The number of halogens is 2. The summed E-state index contributed by atoms with van der Waals surface area (Å²) < 4.78 is 54.5. The molecule has 3 rings (SSSR count). The summed E-state index contributed by atoms with van der Waals surface area (Å²) in [7, 11) is -3.67. The highest BCUT2D eigenvalue weighted by molar-refractivity contribution is 7.92. The van der Waals surface area contributed by atoms with E-state index in [0.717, 1.165) is 29.2 Å². The quantitative estimate of drug-likeness (QED) is 0.645. The third-order valence-electron chi connectivity index (χ3n) is 5.55. The predicted octanol–water partition coefficient (Wildman–Crippen LogP) is 2.86. The summed E-state index contributed by atoms with van der Waals surface area (Å²) in [6.07, 6.45) is 1.51. The van der Waals surface area contributed by atoms with Crippen LogP contribution in [0.4, 0.5) is 8.78 Å². The highest BCUT2D eigenvalue weighted by Crippen LogP contribution is 2.16. The number of rotatable bonds is 7. The largest absolute Gasteiger partial charge is 0.340 e. The summed E-state index contributed by atoms with van der Waals surface area (Å²) in [5, 5.41) is 3.58. The van der Waals surface area contributed by atoms with Gasteiger partial charge in [-0.1, -0.05) is 50.2 Å². The van der Waals surface area contributed by atoms with Gasteiger partial charge in [0.05, 0.1) is 0 Å². The Morgan fingerprint density at radius 1 is 0.941 bits per heavy atom. The Kier molecular flexibility index (Phi) is 8.16. The minimum absolute atomic E-state index is 0.0912. The summed E-state index contributed by atoms with van der Waals surface area (Å²) >= 11 is 0. The molecule has 1 aliphatic rings. The second kappa shape index (κ2) is 10.9. The fourth-order valence-electron chi connectivity index (χ4n) is 3.62. The van der Waals surface area contributed by atoms with Crippen molar-refractivity contribution in [2.45, 2.75) is 19.9 Å². The Morgan fingerprint density at radius 3 is 2.09 bits per heavy atom. The average molecular weight is 492 g/mol. The number of carbonyl (C=O) groups is 2. The van der Waals surface area contributed by atoms with Crippen LogP contribution in [0, 0.1) is 17.6 Å². The van der Waals surface area contributed by atoms with Crippen molar-refractivity contribution in [1.29, 1.82) is 0 Å². The molecule has 0 saturated carbocycles. The van der Waals surface area contributed by atoms with Gasteiger partial charge in [0.25, 0.3) is 5.91 Å². The molecule has 1 heterocycles. The first-order chi connectivity index (χ1) is 16.1.